The Bertz CT molecular complexity index is 526. The van der Waals surface area contributed by atoms with Crippen molar-refractivity contribution in [3.63, 3.8) is 0 Å². The quantitative estimate of drug-likeness (QED) is 0.932. The molecule has 1 aliphatic rings. The van der Waals surface area contributed by atoms with Gasteiger partial charge in [-0.05, 0) is 37.9 Å². The van der Waals surface area contributed by atoms with E-state index >= 15 is 0 Å². The van der Waals surface area contributed by atoms with Gasteiger partial charge in [-0.3, -0.25) is 0 Å². The Hall–Kier alpha value is -1.20. The molecule has 0 amide bonds. The second-order valence-electron chi connectivity index (χ2n) is 4.93. The average molecular weight is 277 g/mol. The van der Waals surface area contributed by atoms with Crippen LogP contribution in [0.4, 0.5) is 0 Å². The van der Waals surface area contributed by atoms with Crippen LogP contribution in [0, 0.1) is 0 Å². The van der Waals surface area contributed by atoms with E-state index in [2.05, 4.69) is 34.5 Å². The molecule has 0 aromatic carbocycles. The van der Waals surface area contributed by atoms with Crippen molar-refractivity contribution >= 4 is 11.3 Å². The van der Waals surface area contributed by atoms with Gasteiger partial charge in [0.25, 0.3) is 5.89 Å². The summed E-state index contributed by atoms with van der Waals surface area (Å²) in [6, 6.07) is 4.46. The molecular weight excluding hydrogens is 258 g/mol. The molecular formula is C14H19N3OS. The minimum absolute atomic E-state index is 0.255. The van der Waals surface area contributed by atoms with E-state index < -0.39 is 0 Å². The van der Waals surface area contributed by atoms with E-state index in [-0.39, 0.29) is 6.04 Å². The van der Waals surface area contributed by atoms with Gasteiger partial charge >= 0.3 is 0 Å². The third kappa shape index (κ3) is 2.87. The van der Waals surface area contributed by atoms with E-state index in [9.17, 15) is 0 Å². The summed E-state index contributed by atoms with van der Waals surface area (Å²) >= 11 is 1.73. The van der Waals surface area contributed by atoms with Gasteiger partial charge < -0.3 is 9.84 Å². The molecule has 3 heterocycles. The molecule has 3 rings (SSSR count). The molecule has 1 unspecified atom stereocenters. The molecule has 102 valence electrons. The van der Waals surface area contributed by atoms with Crippen LogP contribution in [0.15, 0.2) is 16.7 Å². The lowest BCUT2D eigenvalue weighted by Crippen LogP contribution is -2.21. The lowest BCUT2D eigenvalue weighted by atomic mass is 10.1. The van der Waals surface area contributed by atoms with E-state index in [1.165, 1.54) is 24.1 Å². The topological polar surface area (TPSA) is 51.0 Å². The third-order valence-electron chi connectivity index (χ3n) is 3.53. The van der Waals surface area contributed by atoms with Crippen LogP contribution in [0.1, 0.15) is 49.4 Å². The minimum atomic E-state index is 0.255. The van der Waals surface area contributed by atoms with Gasteiger partial charge in [0.15, 0.2) is 5.82 Å². The first-order valence-electron chi connectivity index (χ1n) is 7.03. The largest absolute Gasteiger partial charge is 0.333 e. The Kier molecular flexibility index (Phi) is 3.94. The molecule has 1 atom stereocenters. The van der Waals surface area contributed by atoms with Crippen molar-refractivity contribution in [1.29, 1.82) is 0 Å². The maximum Gasteiger partial charge on any atom is 0.268 e. The van der Waals surface area contributed by atoms with Crippen molar-refractivity contribution in [2.45, 2.75) is 45.1 Å². The van der Waals surface area contributed by atoms with Crippen molar-refractivity contribution in [1.82, 2.24) is 15.5 Å². The maximum absolute atomic E-state index is 5.41. The molecule has 2 aromatic heterocycles. The fourth-order valence-corrected chi connectivity index (χ4v) is 3.28. The summed E-state index contributed by atoms with van der Waals surface area (Å²) in [6.07, 6.45) is 5.92. The van der Waals surface area contributed by atoms with Crippen LogP contribution in [0.2, 0.25) is 0 Å². The Morgan fingerprint density at radius 2 is 2.32 bits per heavy atom. The Balaban J connectivity index is 1.78. The summed E-state index contributed by atoms with van der Waals surface area (Å²) in [5.74, 6) is 1.47. The smallest absolute Gasteiger partial charge is 0.268 e. The van der Waals surface area contributed by atoms with E-state index in [1.807, 2.05) is 0 Å². The number of thiophene rings is 1. The molecule has 2 aromatic rings. The molecule has 0 radical (unpaired) electrons. The predicted octanol–water partition coefficient (Wildman–Crippen LogP) is 3.57. The zero-order valence-corrected chi connectivity index (χ0v) is 12.0. The van der Waals surface area contributed by atoms with Gasteiger partial charge in [-0.2, -0.15) is 4.98 Å². The summed E-state index contributed by atoms with van der Waals surface area (Å²) in [5, 5.41) is 7.65. The standard InChI is InChI=1S/C14H19N3OS/c1-2-10-7-8-12(19-10)14-16-13(17-18-14)11-6-4-3-5-9-15-11/h7-8,11,15H,2-6,9H2,1H3. The van der Waals surface area contributed by atoms with Crippen molar-refractivity contribution in [2.75, 3.05) is 6.54 Å². The molecule has 0 bridgehead atoms. The van der Waals surface area contributed by atoms with E-state index in [0.29, 0.717) is 5.89 Å². The van der Waals surface area contributed by atoms with Crippen LogP contribution >= 0.6 is 11.3 Å². The Morgan fingerprint density at radius 1 is 1.37 bits per heavy atom. The fraction of sp³-hybridized carbons (Fsp3) is 0.571. The van der Waals surface area contributed by atoms with Gasteiger partial charge in [-0.1, -0.05) is 24.9 Å². The van der Waals surface area contributed by atoms with Crippen LogP contribution in [0.5, 0.6) is 0 Å². The molecule has 1 saturated heterocycles. The highest BCUT2D eigenvalue weighted by Crippen LogP contribution is 2.29. The molecule has 1 fully saturated rings. The van der Waals surface area contributed by atoms with Gasteiger partial charge in [-0.15, -0.1) is 11.3 Å². The van der Waals surface area contributed by atoms with Gasteiger partial charge in [0.1, 0.15) is 0 Å². The molecule has 5 heteroatoms. The minimum Gasteiger partial charge on any atom is -0.333 e. The number of aromatic nitrogens is 2. The Labute approximate surface area is 117 Å². The van der Waals surface area contributed by atoms with Gasteiger partial charge in [0.2, 0.25) is 0 Å². The number of hydrogen-bond acceptors (Lipinski definition) is 5. The van der Waals surface area contributed by atoms with Crippen LogP contribution in [0.25, 0.3) is 10.8 Å². The number of hydrogen-bond donors (Lipinski definition) is 1. The zero-order chi connectivity index (χ0) is 13.1. The highest BCUT2D eigenvalue weighted by Gasteiger charge is 2.20. The van der Waals surface area contributed by atoms with Crippen LogP contribution in [0.3, 0.4) is 0 Å². The molecule has 1 N–H and O–H groups in total. The maximum atomic E-state index is 5.41. The number of rotatable bonds is 3. The first-order valence-corrected chi connectivity index (χ1v) is 7.84. The highest BCUT2D eigenvalue weighted by atomic mass is 32.1. The second-order valence-corrected chi connectivity index (χ2v) is 6.10. The number of nitrogens with one attached hydrogen (secondary N) is 1. The zero-order valence-electron chi connectivity index (χ0n) is 11.2. The average Bonchev–Trinajstić information content (AvgIpc) is 3.02. The Morgan fingerprint density at radius 3 is 3.16 bits per heavy atom. The normalized spacial score (nSPS) is 20.4. The highest BCUT2D eigenvalue weighted by molar-refractivity contribution is 7.15. The monoisotopic (exact) mass is 277 g/mol. The van der Waals surface area contributed by atoms with Crippen LogP contribution in [-0.2, 0) is 6.42 Å². The summed E-state index contributed by atoms with van der Waals surface area (Å²) < 4.78 is 5.41. The fourth-order valence-electron chi connectivity index (χ4n) is 2.41. The SMILES string of the molecule is CCc1ccc(-c2nc(C3CCCCCN3)no2)s1. The van der Waals surface area contributed by atoms with Gasteiger partial charge in [0, 0.05) is 4.88 Å². The summed E-state index contributed by atoms with van der Waals surface area (Å²) in [4.78, 5) is 6.99. The van der Waals surface area contributed by atoms with Crippen molar-refractivity contribution in [3.8, 4) is 10.8 Å². The van der Waals surface area contributed by atoms with E-state index in [0.717, 1.165) is 30.1 Å². The van der Waals surface area contributed by atoms with Gasteiger partial charge in [-0.25, -0.2) is 0 Å². The number of aryl methyl sites for hydroxylation is 1. The molecule has 0 saturated carbocycles. The van der Waals surface area contributed by atoms with Crippen LogP contribution in [-0.4, -0.2) is 16.7 Å². The lowest BCUT2D eigenvalue weighted by Gasteiger charge is -2.09. The van der Waals surface area contributed by atoms with Crippen LogP contribution < -0.4 is 5.32 Å². The van der Waals surface area contributed by atoms with Crippen molar-refractivity contribution < 1.29 is 4.52 Å². The van der Waals surface area contributed by atoms with E-state index in [4.69, 9.17) is 4.52 Å². The molecule has 4 nitrogen and oxygen atoms in total. The molecule has 0 spiro atoms. The first kappa shape index (κ1) is 12.8. The first-order chi connectivity index (χ1) is 9.36. The van der Waals surface area contributed by atoms with Crippen molar-refractivity contribution in [2.24, 2.45) is 0 Å². The summed E-state index contributed by atoms with van der Waals surface area (Å²) in [7, 11) is 0. The summed E-state index contributed by atoms with van der Waals surface area (Å²) in [6.45, 7) is 3.21. The summed E-state index contributed by atoms with van der Waals surface area (Å²) in [5.41, 5.74) is 0. The molecule has 0 aliphatic carbocycles. The third-order valence-corrected chi connectivity index (χ3v) is 4.75. The van der Waals surface area contributed by atoms with E-state index in [1.54, 1.807) is 11.3 Å². The lowest BCUT2D eigenvalue weighted by molar-refractivity contribution is 0.403. The predicted molar refractivity (Wildman–Crippen MR) is 76.2 cm³/mol. The molecule has 1 aliphatic heterocycles. The number of nitrogens with zero attached hydrogens (tertiary/aromatic N) is 2. The molecule has 19 heavy (non-hydrogen) atoms. The van der Waals surface area contributed by atoms with Crippen molar-refractivity contribution in [3.05, 3.63) is 22.8 Å². The second kappa shape index (κ2) is 5.84. The van der Waals surface area contributed by atoms with Gasteiger partial charge in [0.05, 0.1) is 10.9 Å².